The predicted molar refractivity (Wildman–Crippen MR) is 378 cm³/mol. The van der Waals surface area contributed by atoms with Gasteiger partial charge in [-0.25, -0.2) is 0 Å². The Bertz CT molecular complexity index is 2190. The number of nitrogens with zero attached hydrogens (tertiary/aromatic N) is 1. The van der Waals surface area contributed by atoms with Gasteiger partial charge < -0.3 is 27.9 Å². The van der Waals surface area contributed by atoms with Crippen molar-refractivity contribution >= 4 is 19.8 Å². The molecule has 2 unspecified atom stereocenters. The summed E-state index contributed by atoms with van der Waals surface area (Å²) in [5.41, 5.74) is 0. The van der Waals surface area contributed by atoms with Gasteiger partial charge in [0.15, 0.2) is 6.10 Å². The molecule has 9 nitrogen and oxygen atoms in total. The lowest BCUT2D eigenvalue weighted by atomic mass is 10.1. The Labute approximate surface area is 539 Å². The van der Waals surface area contributed by atoms with E-state index in [1.807, 2.05) is 21.1 Å². The Morgan fingerprint density at radius 3 is 0.909 bits per heavy atom. The van der Waals surface area contributed by atoms with Crippen molar-refractivity contribution in [3.63, 3.8) is 0 Å². The average molecular weight is 1230 g/mol. The Kier molecular flexibility index (Phi) is 62.4. The number of unbranched alkanes of at least 4 members (excludes halogenated alkanes) is 14. The molecule has 0 saturated heterocycles. The van der Waals surface area contributed by atoms with Crippen molar-refractivity contribution in [2.24, 2.45) is 0 Å². The van der Waals surface area contributed by atoms with E-state index in [-0.39, 0.29) is 26.1 Å². The standard InChI is InChI=1S/C78H124NO8P/c1-6-8-10-12-14-16-18-20-22-24-26-28-30-31-32-33-34-35-36-37-38-39-40-41-42-43-44-45-46-47-49-51-53-55-57-59-61-63-65-67-69-71-78(81)87-76(75-86-88(82,83)85-73-72-79(3,4)5)74-84-77(80)70-68-66-64-62-60-58-56-54-52-50-48-29-27-25-23-21-19-17-15-13-11-9-7-2/h8-11,14-17,20-23,26-29,31-32,34-35,37-38,40-41,43-44,46-47,51,53,57,59,76H,6-7,12-13,18-19,24-25,30,33,36,39,42,45,48-50,52,54-56,58,60-75H2,1-5H3/b10-8-,11-9-,16-14-,17-15-,22-20-,23-21-,28-26-,29-27-,32-31-,35-34-,38-37-,41-40-,44-43-,47-46-,53-51-,59-57-. The molecule has 0 bridgehead atoms. The van der Waals surface area contributed by atoms with Gasteiger partial charge in [-0.2, -0.15) is 0 Å². The van der Waals surface area contributed by atoms with Crippen LogP contribution in [0.3, 0.4) is 0 Å². The van der Waals surface area contributed by atoms with Crippen LogP contribution in [0.15, 0.2) is 194 Å². The van der Waals surface area contributed by atoms with Gasteiger partial charge in [0.2, 0.25) is 0 Å². The number of esters is 2. The highest BCUT2D eigenvalue weighted by molar-refractivity contribution is 7.45. The number of allylic oxidation sites excluding steroid dienone is 32. The van der Waals surface area contributed by atoms with Crippen LogP contribution in [0.25, 0.3) is 0 Å². The molecule has 494 valence electrons. The SMILES string of the molecule is CC/C=C\C/C=C\C/C=C\C/C=C\C/C=C\C/C=C\C/C=C\C/C=C\C/C=C\C/C=C\C/C=C\C/C=C\CCCCCCC(=O)OC(COC(=O)CCCCCCCCCCCC/C=C\C/C=C\C/C=C\C/C=C\CC)COP(=O)([O-])OCC[N+](C)(C)C. The molecule has 0 spiro atoms. The summed E-state index contributed by atoms with van der Waals surface area (Å²) in [6.07, 6.45) is 104. The Hall–Kier alpha value is -5.15. The molecule has 0 heterocycles. The van der Waals surface area contributed by atoms with Crippen LogP contribution in [0, 0.1) is 0 Å². The Morgan fingerprint density at radius 1 is 0.352 bits per heavy atom. The van der Waals surface area contributed by atoms with Gasteiger partial charge in [0.05, 0.1) is 27.7 Å². The summed E-state index contributed by atoms with van der Waals surface area (Å²) in [5, 5.41) is 0. The monoisotopic (exact) mass is 1230 g/mol. The van der Waals surface area contributed by atoms with Crippen LogP contribution in [0.5, 0.6) is 0 Å². The van der Waals surface area contributed by atoms with E-state index in [4.69, 9.17) is 18.5 Å². The zero-order valence-electron chi connectivity index (χ0n) is 56.1. The van der Waals surface area contributed by atoms with Crippen molar-refractivity contribution in [3.05, 3.63) is 194 Å². The first-order valence-electron chi connectivity index (χ1n) is 34.1. The van der Waals surface area contributed by atoms with Gasteiger partial charge >= 0.3 is 11.9 Å². The lowest BCUT2D eigenvalue weighted by Crippen LogP contribution is -2.37. The molecule has 0 amide bonds. The lowest BCUT2D eigenvalue weighted by Gasteiger charge is -2.28. The number of quaternary nitrogens is 1. The van der Waals surface area contributed by atoms with Gasteiger partial charge in [-0.15, -0.1) is 0 Å². The second-order valence-electron chi connectivity index (χ2n) is 23.1. The molecule has 0 aromatic carbocycles. The Morgan fingerprint density at radius 2 is 0.614 bits per heavy atom. The number of carbonyl (C=O) groups is 2. The van der Waals surface area contributed by atoms with Gasteiger partial charge in [0.1, 0.15) is 19.8 Å². The largest absolute Gasteiger partial charge is 0.756 e. The summed E-state index contributed by atoms with van der Waals surface area (Å²) >= 11 is 0. The van der Waals surface area contributed by atoms with E-state index in [2.05, 4.69) is 208 Å². The third-order valence-electron chi connectivity index (χ3n) is 13.6. The second-order valence-corrected chi connectivity index (χ2v) is 24.5. The number of carbonyl (C=O) groups excluding carboxylic acids is 2. The van der Waals surface area contributed by atoms with Crippen molar-refractivity contribution < 1.29 is 42.1 Å². The summed E-state index contributed by atoms with van der Waals surface area (Å²) in [7, 11) is 1.12. The molecule has 0 aromatic heterocycles. The lowest BCUT2D eigenvalue weighted by molar-refractivity contribution is -0.870. The summed E-state index contributed by atoms with van der Waals surface area (Å²) in [5.74, 6) is -0.881. The van der Waals surface area contributed by atoms with Crippen LogP contribution >= 0.6 is 7.82 Å². The number of phosphoric acid groups is 1. The number of ether oxygens (including phenoxy) is 2. The second kappa shape index (κ2) is 66.3. The topological polar surface area (TPSA) is 111 Å². The van der Waals surface area contributed by atoms with Crippen LogP contribution in [0.2, 0.25) is 0 Å². The minimum atomic E-state index is -4.66. The molecule has 2 atom stereocenters. The van der Waals surface area contributed by atoms with E-state index in [9.17, 15) is 19.0 Å². The quantitative estimate of drug-likeness (QED) is 0.0195. The molecule has 0 N–H and O–H groups in total. The highest BCUT2D eigenvalue weighted by Gasteiger charge is 2.22. The van der Waals surface area contributed by atoms with E-state index in [0.717, 1.165) is 154 Å². The van der Waals surface area contributed by atoms with Gasteiger partial charge in [0, 0.05) is 12.8 Å². The minimum absolute atomic E-state index is 0.0476. The van der Waals surface area contributed by atoms with Crippen molar-refractivity contribution in [1.29, 1.82) is 0 Å². The average Bonchev–Trinajstić information content (AvgIpc) is 3.58. The molecule has 0 radical (unpaired) electrons. The highest BCUT2D eigenvalue weighted by Crippen LogP contribution is 2.38. The van der Waals surface area contributed by atoms with Crippen LogP contribution in [-0.2, 0) is 32.7 Å². The van der Waals surface area contributed by atoms with E-state index in [1.54, 1.807) is 0 Å². The number of phosphoric ester groups is 1. The van der Waals surface area contributed by atoms with Gasteiger partial charge in [-0.1, -0.05) is 272 Å². The van der Waals surface area contributed by atoms with Gasteiger partial charge in [-0.05, 0) is 141 Å². The van der Waals surface area contributed by atoms with E-state index < -0.39 is 32.5 Å². The number of likely N-dealkylation sites (N-methyl/N-ethyl adjacent to an activating group) is 1. The van der Waals surface area contributed by atoms with E-state index in [0.29, 0.717) is 23.9 Å². The summed E-state index contributed by atoms with van der Waals surface area (Å²) < 4.78 is 34.2. The van der Waals surface area contributed by atoms with Crippen LogP contribution < -0.4 is 4.89 Å². The number of hydrogen-bond donors (Lipinski definition) is 0. The summed E-state index contributed by atoms with van der Waals surface area (Å²) in [4.78, 5) is 38.0. The molecule has 0 aliphatic heterocycles. The predicted octanol–water partition coefficient (Wildman–Crippen LogP) is 21.9. The molecule has 0 saturated carbocycles. The Balaban J connectivity index is 4.21. The third-order valence-corrected chi connectivity index (χ3v) is 14.6. The minimum Gasteiger partial charge on any atom is -0.756 e. The molecule has 0 aliphatic rings. The third kappa shape index (κ3) is 69.9. The molecule has 0 fully saturated rings. The first kappa shape index (κ1) is 82.8. The molecular formula is C78H124NO8P. The number of rotatable bonds is 60. The highest BCUT2D eigenvalue weighted by atomic mass is 31.2. The molecule has 10 heteroatoms. The normalized spacial score (nSPS) is 14.4. The van der Waals surface area contributed by atoms with Gasteiger partial charge in [-0.3, -0.25) is 14.2 Å². The fourth-order valence-electron chi connectivity index (χ4n) is 8.45. The smallest absolute Gasteiger partial charge is 0.306 e. The maximum absolute atomic E-state index is 12.8. The molecule has 0 aromatic rings. The van der Waals surface area contributed by atoms with Crippen LogP contribution in [0.1, 0.15) is 232 Å². The first-order chi connectivity index (χ1) is 43.0. The van der Waals surface area contributed by atoms with Gasteiger partial charge in [0.25, 0.3) is 7.82 Å². The molecule has 88 heavy (non-hydrogen) atoms. The molecule has 0 rings (SSSR count). The molecule has 0 aliphatic carbocycles. The summed E-state index contributed by atoms with van der Waals surface area (Å²) in [6, 6.07) is 0. The maximum atomic E-state index is 12.8. The van der Waals surface area contributed by atoms with E-state index >= 15 is 0 Å². The summed E-state index contributed by atoms with van der Waals surface area (Å²) in [6.45, 7) is 3.95. The number of hydrogen-bond acceptors (Lipinski definition) is 8. The van der Waals surface area contributed by atoms with E-state index in [1.165, 1.54) is 38.5 Å². The molecular weight excluding hydrogens is 1110 g/mol. The fourth-order valence-corrected chi connectivity index (χ4v) is 9.18. The zero-order chi connectivity index (χ0) is 64.1. The maximum Gasteiger partial charge on any atom is 0.306 e. The fraction of sp³-hybridized carbons (Fsp3) is 0.564. The van der Waals surface area contributed by atoms with Crippen molar-refractivity contribution in [3.8, 4) is 0 Å². The van der Waals surface area contributed by atoms with Crippen LogP contribution in [0.4, 0.5) is 0 Å². The van der Waals surface area contributed by atoms with Crippen molar-refractivity contribution in [2.45, 2.75) is 238 Å². The van der Waals surface area contributed by atoms with Crippen LogP contribution in [-0.4, -0.2) is 70.0 Å². The zero-order valence-corrected chi connectivity index (χ0v) is 57.0. The first-order valence-corrected chi connectivity index (χ1v) is 35.6. The van der Waals surface area contributed by atoms with Crippen molar-refractivity contribution in [2.75, 3.05) is 47.5 Å². The van der Waals surface area contributed by atoms with Crippen molar-refractivity contribution in [1.82, 2.24) is 0 Å².